The van der Waals surface area contributed by atoms with Crippen LogP contribution in [0.5, 0.6) is 0 Å². The van der Waals surface area contributed by atoms with E-state index in [0.717, 1.165) is 25.9 Å². The van der Waals surface area contributed by atoms with Gasteiger partial charge in [0.1, 0.15) is 0 Å². The number of nitrogens with one attached hydrogen (secondary N) is 2. The van der Waals surface area contributed by atoms with Gasteiger partial charge in [-0.05, 0) is 56.1 Å². The van der Waals surface area contributed by atoms with Crippen molar-refractivity contribution in [3.8, 4) is 0 Å². The molecule has 18 heavy (non-hydrogen) atoms. The molecular weight excluding hydrogens is 252 g/mol. The van der Waals surface area contributed by atoms with Crippen molar-refractivity contribution in [1.82, 2.24) is 5.32 Å². The quantitative estimate of drug-likeness (QED) is 0.886. The lowest BCUT2D eigenvalue weighted by Gasteiger charge is -2.22. The lowest BCUT2D eigenvalue weighted by Crippen LogP contribution is -2.31. The minimum Gasteiger partial charge on any atom is -0.449 e. The van der Waals surface area contributed by atoms with Gasteiger partial charge < -0.3 is 10.1 Å². The van der Waals surface area contributed by atoms with Gasteiger partial charge in [-0.25, -0.2) is 4.79 Å². The summed E-state index contributed by atoms with van der Waals surface area (Å²) in [7, 11) is 0. The van der Waals surface area contributed by atoms with E-state index in [1.807, 2.05) is 0 Å². The van der Waals surface area contributed by atoms with E-state index in [0.29, 0.717) is 23.2 Å². The number of hydrogen-bond donors (Lipinski definition) is 2. The highest BCUT2D eigenvalue weighted by Gasteiger charge is 2.15. The summed E-state index contributed by atoms with van der Waals surface area (Å²) >= 11 is 5.76. The Labute approximate surface area is 112 Å². The van der Waals surface area contributed by atoms with Crippen molar-refractivity contribution < 1.29 is 9.53 Å². The van der Waals surface area contributed by atoms with Gasteiger partial charge in [-0.1, -0.05) is 11.6 Å². The van der Waals surface area contributed by atoms with Crippen molar-refractivity contribution >= 4 is 23.4 Å². The molecule has 0 aliphatic carbocycles. The summed E-state index contributed by atoms with van der Waals surface area (Å²) in [6, 6.07) is 6.94. The van der Waals surface area contributed by atoms with Gasteiger partial charge in [-0.15, -0.1) is 0 Å². The second-order valence-corrected chi connectivity index (χ2v) is 4.86. The maximum atomic E-state index is 11.6. The van der Waals surface area contributed by atoms with Crippen LogP contribution in [0.2, 0.25) is 5.02 Å². The van der Waals surface area contributed by atoms with Crippen LogP contribution in [0, 0.1) is 5.92 Å². The average molecular weight is 269 g/mol. The van der Waals surface area contributed by atoms with E-state index in [2.05, 4.69) is 10.6 Å². The molecule has 1 amide bonds. The SMILES string of the molecule is O=C(Nc1ccc(Cl)cc1)OCC1CCNCC1. The minimum absolute atomic E-state index is 0.407. The zero-order chi connectivity index (χ0) is 12.8. The molecule has 1 aliphatic heterocycles. The van der Waals surface area contributed by atoms with Crippen LogP contribution in [0.4, 0.5) is 10.5 Å². The molecule has 1 aromatic rings. The predicted octanol–water partition coefficient (Wildman–Crippen LogP) is 2.89. The fourth-order valence-corrected chi connectivity index (χ4v) is 2.06. The van der Waals surface area contributed by atoms with E-state index in [-0.39, 0.29) is 0 Å². The Morgan fingerprint density at radius 2 is 2.00 bits per heavy atom. The Hall–Kier alpha value is -1.26. The van der Waals surface area contributed by atoms with E-state index < -0.39 is 6.09 Å². The summed E-state index contributed by atoms with van der Waals surface area (Å²) in [6.07, 6.45) is 1.72. The van der Waals surface area contributed by atoms with Crippen LogP contribution in [0.3, 0.4) is 0 Å². The Morgan fingerprint density at radius 3 is 2.67 bits per heavy atom. The normalized spacial score (nSPS) is 16.3. The van der Waals surface area contributed by atoms with E-state index in [1.54, 1.807) is 24.3 Å². The highest BCUT2D eigenvalue weighted by Crippen LogP contribution is 2.15. The lowest BCUT2D eigenvalue weighted by molar-refractivity contribution is 0.131. The number of hydrogen-bond acceptors (Lipinski definition) is 3. The second-order valence-electron chi connectivity index (χ2n) is 4.42. The van der Waals surface area contributed by atoms with Crippen molar-refractivity contribution in [2.75, 3.05) is 25.0 Å². The van der Waals surface area contributed by atoms with Gasteiger partial charge in [0.2, 0.25) is 0 Å². The summed E-state index contributed by atoms with van der Waals surface area (Å²) in [4.78, 5) is 11.6. The third kappa shape index (κ3) is 4.20. The molecule has 2 N–H and O–H groups in total. The van der Waals surface area contributed by atoms with Gasteiger partial charge in [0.25, 0.3) is 0 Å². The third-order valence-electron chi connectivity index (χ3n) is 3.00. The van der Waals surface area contributed by atoms with Crippen molar-refractivity contribution in [1.29, 1.82) is 0 Å². The molecule has 4 nitrogen and oxygen atoms in total. The Balaban J connectivity index is 1.73. The smallest absolute Gasteiger partial charge is 0.411 e. The van der Waals surface area contributed by atoms with Crippen molar-refractivity contribution in [3.63, 3.8) is 0 Å². The molecule has 1 aromatic carbocycles. The topological polar surface area (TPSA) is 50.4 Å². The van der Waals surface area contributed by atoms with Gasteiger partial charge in [0.05, 0.1) is 6.61 Å². The van der Waals surface area contributed by atoms with Gasteiger partial charge >= 0.3 is 6.09 Å². The number of halogens is 1. The molecule has 0 aromatic heterocycles. The van der Waals surface area contributed by atoms with Crippen LogP contribution in [0.25, 0.3) is 0 Å². The largest absolute Gasteiger partial charge is 0.449 e. The highest BCUT2D eigenvalue weighted by molar-refractivity contribution is 6.30. The molecule has 0 spiro atoms. The molecule has 1 heterocycles. The number of carbonyl (C=O) groups excluding carboxylic acids is 1. The maximum Gasteiger partial charge on any atom is 0.411 e. The standard InChI is InChI=1S/C13H17ClN2O2/c14-11-1-3-12(4-2-11)16-13(17)18-9-10-5-7-15-8-6-10/h1-4,10,15H,5-9H2,(H,16,17). The van der Waals surface area contributed by atoms with Crippen molar-refractivity contribution in [2.24, 2.45) is 5.92 Å². The first-order valence-corrected chi connectivity index (χ1v) is 6.52. The van der Waals surface area contributed by atoms with Crippen LogP contribution < -0.4 is 10.6 Å². The number of ether oxygens (including phenoxy) is 1. The number of piperidine rings is 1. The van der Waals surface area contributed by atoms with Crippen LogP contribution in [-0.4, -0.2) is 25.8 Å². The minimum atomic E-state index is -0.407. The molecule has 1 aliphatic rings. The van der Waals surface area contributed by atoms with E-state index in [9.17, 15) is 4.79 Å². The number of benzene rings is 1. The van der Waals surface area contributed by atoms with Crippen LogP contribution in [0.1, 0.15) is 12.8 Å². The molecule has 2 rings (SSSR count). The highest BCUT2D eigenvalue weighted by atomic mass is 35.5. The molecule has 0 unspecified atom stereocenters. The molecule has 0 radical (unpaired) electrons. The zero-order valence-electron chi connectivity index (χ0n) is 10.1. The Bertz CT molecular complexity index is 388. The van der Waals surface area contributed by atoms with Crippen molar-refractivity contribution in [2.45, 2.75) is 12.8 Å². The zero-order valence-corrected chi connectivity index (χ0v) is 10.9. The molecule has 0 atom stereocenters. The maximum absolute atomic E-state index is 11.6. The van der Waals surface area contributed by atoms with Gasteiger partial charge in [-0.2, -0.15) is 0 Å². The molecule has 1 saturated heterocycles. The monoisotopic (exact) mass is 268 g/mol. The second kappa shape index (κ2) is 6.61. The number of rotatable bonds is 3. The summed E-state index contributed by atoms with van der Waals surface area (Å²) in [5.74, 6) is 0.474. The molecular formula is C13H17ClN2O2. The van der Waals surface area contributed by atoms with Gasteiger partial charge in [0, 0.05) is 10.7 Å². The van der Waals surface area contributed by atoms with Crippen LogP contribution >= 0.6 is 11.6 Å². The van der Waals surface area contributed by atoms with Gasteiger partial charge in [-0.3, -0.25) is 5.32 Å². The van der Waals surface area contributed by atoms with Crippen LogP contribution in [0.15, 0.2) is 24.3 Å². The summed E-state index contributed by atoms with van der Waals surface area (Å²) < 4.78 is 5.20. The van der Waals surface area contributed by atoms with Crippen molar-refractivity contribution in [3.05, 3.63) is 29.3 Å². The molecule has 0 saturated carbocycles. The van der Waals surface area contributed by atoms with E-state index in [1.165, 1.54) is 0 Å². The predicted molar refractivity (Wildman–Crippen MR) is 72.0 cm³/mol. The number of carbonyl (C=O) groups is 1. The average Bonchev–Trinajstić information content (AvgIpc) is 2.40. The first-order chi connectivity index (χ1) is 8.74. The first kappa shape index (κ1) is 13.2. The molecule has 5 heteroatoms. The number of amides is 1. The lowest BCUT2D eigenvalue weighted by atomic mass is 9.99. The summed E-state index contributed by atoms with van der Waals surface area (Å²) in [6.45, 7) is 2.50. The van der Waals surface area contributed by atoms with Crippen LogP contribution in [-0.2, 0) is 4.74 Å². The van der Waals surface area contributed by atoms with Gasteiger partial charge in [0.15, 0.2) is 0 Å². The molecule has 98 valence electrons. The Morgan fingerprint density at radius 1 is 1.33 bits per heavy atom. The summed E-state index contributed by atoms with van der Waals surface area (Å²) in [5, 5.41) is 6.59. The number of anilines is 1. The molecule has 0 bridgehead atoms. The third-order valence-corrected chi connectivity index (χ3v) is 3.25. The fraction of sp³-hybridized carbons (Fsp3) is 0.462. The summed E-state index contributed by atoms with van der Waals surface area (Å²) in [5.41, 5.74) is 0.690. The van der Waals surface area contributed by atoms with E-state index in [4.69, 9.17) is 16.3 Å². The molecule has 1 fully saturated rings. The first-order valence-electron chi connectivity index (χ1n) is 6.14. The fourth-order valence-electron chi connectivity index (χ4n) is 1.93. The van der Waals surface area contributed by atoms with E-state index >= 15 is 0 Å². The Kier molecular flexibility index (Phi) is 4.84.